The van der Waals surface area contributed by atoms with Gasteiger partial charge in [-0.05, 0) is 55.4 Å². The average molecular weight is 280 g/mol. The van der Waals surface area contributed by atoms with Crippen LogP contribution in [-0.4, -0.2) is 30.1 Å². The number of nitrogens with zero attached hydrogens (tertiary/aromatic N) is 1. The number of hydrogen-bond donors (Lipinski definition) is 1. The van der Waals surface area contributed by atoms with Gasteiger partial charge in [-0.2, -0.15) is 0 Å². The van der Waals surface area contributed by atoms with Crippen molar-refractivity contribution < 1.29 is 0 Å². The topological polar surface area (TPSA) is 29.3 Å². The van der Waals surface area contributed by atoms with Crippen molar-refractivity contribution in [3.8, 4) is 0 Å². The second-order valence-corrected chi connectivity index (χ2v) is 8.99. The lowest BCUT2D eigenvalue weighted by molar-refractivity contribution is -0.0158. The first-order chi connectivity index (χ1) is 9.26. The zero-order valence-electron chi connectivity index (χ0n) is 14.4. The molecule has 0 aromatic rings. The van der Waals surface area contributed by atoms with Gasteiger partial charge < -0.3 is 5.73 Å². The van der Waals surface area contributed by atoms with Crippen LogP contribution in [-0.2, 0) is 0 Å². The van der Waals surface area contributed by atoms with Gasteiger partial charge in [0.25, 0.3) is 0 Å². The molecule has 2 fully saturated rings. The van der Waals surface area contributed by atoms with E-state index in [0.29, 0.717) is 16.9 Å². The molecule has 2 aliphatic rings. The fraction of sp³-hybridized carbons (Fsp3) is 1.00. The van der Waals surface area contributed by atoms with E-state index in [1.165, 1.54) is 45.1 Å². The Morgan fingerprint density at radius 3 is 2.20 bits per heavy atom. The predicted octanol–water partition coefficient (Wildman–Crippen LogP) is 4.04. The summed E-state index contributed by atoms with van der Waals surface area (Å²) in [5, 5.41) is 0. The summed E-state index contributed by atoms with van der Waals surface area (Å²) in [7, 11) is 0. The Hall–Kier alpha value is -0.0800. The maximum Gasteiger partial charge on any atom is 0.0223 e. The smallest absolute Gasteiger partial charge is 0.0223 e. The Morgan fingerprint density at radius 2 is 1.70 bits per heavy atom. The van der Waals surface area contributed by atoms with E-state index in [0.717, 1.165) is 18.5 Å². The predicted molar refractivity (Wildman–Crippen MR) is 87.8 cm³/mol. The second kappa shape index (κ2) is 5.96. The highest BCUT2D eigenvalue weighted by molar-refractivity contribution is 4.96. The van der Waals surface area contributed by atoms with Crippen molar-refractivity contribution in [3.63, 3.8) is 0 Å². The minimum Gasteiger partial charge on any atom is -0.329 e. The molecule has 2 atom stereocenters. The third-order valence-electron chi connectivity index (χ3n) is 5.72. The molecule has 2 N–H and O–H groups in total. The third-order valence-corrected chi connectivity index (χ3v) is 5.72. The van der Waals surface area contributed by atoms with E-state index in [9.17, 15) is 0 Å². The van der Waals surface area contributed by atoms with E-state index >= 15 is 0 Å². The number of likely N-dealkylation sites (tertiary alicyclic amines) is 1. The molecular formula is C18H36N2. The van der Waals surface area contributed by atoms with Crippen molar-refractivity contribution in [1.82, 2.24) is 4.90 Å². The molecule has 0 spiro atoms. The first kappa shape index (κ1) is 16.3. The van der Waals surface area contributed by atoms with E-state index in [4.69, 9.17) is 5.73 Å². The van der Waals surface area contributed by atoms with E-state index < -0.39 is 0 Å². The highest BCUT2D eigenvalue weighted by Gasteiger charge is 2.42. The van der Waals surface area contributed by atoms with Crippen LogP contribution in [0, 0.1) is 16.7 Å². The van der Waals surface area contributed by atoms with Gasteiger partial charge in [-0.3, -0.25) is 4.90 Å². The Balaban J connectivity index is 2.09. The first-order valence-electron chi connectivity index (χ1n) is 8.72. The van der Waals surface area contributed by atoms with Gasteiger partial charge in [-0.25, -0.2) is 0 Å². The van der Waals surface area contributed by atoms with Crippen LogP contribution >= 0.6 is 0 Å². The Bertz CT molecular complexity index is 305. The van der Waals surface area contributed by atoms with Crippen LogP contribution in [0.4, 0.5) is 0 Å². The van der Waals surface area contributed by atoms with Crippen LogP contribution in [0.3, 0.4) is 0 Å². The summed E-state index contributed by atoms with van der Waals surface area (Å²) in [5.41, 5.74) is 7.07. The molecule has 1 saturated heterocycles. The SMILES string of the molecule is CCC1CCN(C2CC(C)(C)CC(C)(C)C2)C(CN)C1. The minimum absolute atomic E-state index is 0.479. The van der Waals surface area contributed by atoms with Gasteiger partial charge in [0.2, 0.25) is 0 Å². The van der Waals surface area contributed by atoms with Gasteiger partial charge in [0, 0.05) is 18.6 Å². The Labute approximate surface area is 126 Å². The summed E-state index contributed by atoms with van der Waals surface area (Å²) < 4.78 is 0. The molecule has 2 unspecified atom stereocenters. The number of piperidine rings is 1. The quantitative estimate of drug-likeness (QED) is 0.845. The monoisotopic (exact) mass is 280 g/mol. The van der Waals surface area contributed by atoms with Crippen molar-refractivity contribution in [2.75, 3.05) is 13.1 Å². The highest BCUT2D eigenvalue weighted by atomic mass is 15.2. The van der Waals surface area contributed by atoms with E-state index in [1.54, 1.807) is 0 Å². The van der Waals surface area contributed by atoms with E-state index in [1.807, 2.05) is 0 Å². The number of rotatable bonds is 3. The fourth-order valence-corrected chi connectivity index (χ4v) is 5.26. The third kappa shape index (κ3) is 3.76. The van der Waals surface area contributed by atoms with Gasteiger partial charge in [0.05, 0.1) is 0 Å². The molecule has 0 amide bonds. The fourth-order valence-electron chi connectivity index (χ4n) is 5.26. The molecule has 2 rings (SSSR count). The Kier molecular flexibility index (Phi) is 4.86. The van der Waals surface area contributed by atoms with Crippen molar-refractivity contribution in [2.24, 2.45) is 22.5 Å². The second-order valence-electron chi connectivity index (χ2n) is 8.99. The van der Waals surface area contributed by atoms with Gasteiger partial charge in [-0.1, -0.05) is 41.0 Å². The summed E-state index contributed by atoms with van der Waals surface area (Å²) in [6.07, 6.45) is 8.09. The normalized spacial score (nSPS) is 35.1. The molecule has 0 bridgehead atoms. The molecule has 1 aliphatic carbocycles. The lowest BCUT2D eigenvalue weighted by atomic mass is 9.63. The minimum atomic E-state index is 0.479. The van der Waals surface area contributed by atoms with Gasteiger partial charge >= 0.3 is 0 Å². The standard InChI is InChI=1S/C18H36N2/c1-6-14-7-8-20(15(9-14)12-19)16-10-17(2,3)13-18(4,5)11-16/h14-16H,6-13,19H2,1-5H3. The first-order valence-corrected chi connectivity index (χ1v) is 8.72. The summed E-state index contributed by atoms with van der Waals surface area (Å²) in [6, 6.07) is 1.38. The lowest BCUT2D eigenvalue weighted by Crippen LogP contribution is -2.55. The maximum absolute atomic E-state index is 6.11. The van der Waals surface area contributed by atoms with Crippen LogP contribution in [0.25, 0.3) is 0 Å². The molecule has 1 heterocycles. The average Bonchev–Trinajstić information content (AvgIpc) is 2.34. The highest BCUT2D eigenvalue weighted by Crippen LogP contribution is 2.48. The van der Waals surface area contributed by atoms with Crippen molar-refractivity contribution >= 4 is 0 Å². The maximum atomic E-state index is 6.11. The van der Waals surface area contributed by atoms with Gasteiger partial charge in [0.1, 0.15) is 0 Å². The molecular weight excluding hydrogens is 244 g/mol. The molecule has 2 heteroatoms. The lowest BCUT2D eigenvalue weighted by Gasteiger charge is -2.52. The summed E-state index contributed by atoms with van der Waals surface area (Å²) in [4.78, 5) is 2.79. The van der Waals surface area contributed by atoms with Crippen LogP contribution in [0.5, 0.6) is 0 Å². The summed E-state index contributed by atoms with van der Waals surface area (Å²) in [6.45, 7) is 14.3. The van der Waals surface area contributed by atoms with Crippen molar-refractivity contribution in [2.45, 2.75) is 85.2 Å². The number of hydrogen-bond acceptors (Lipinski definition) is 2. The zero-order valence-corrected chi connectivity index (χ0v) is 14.4. The van der Waals surface area contributed by atoms with Crippen LogP contribution in [0.15, 0.2) is 0 Å². The Morgan fingerprint density at radius 1 is 1.10 bits per heavy atom. The van der Waals surface area contributed by atoms with Gasteiger partial charge in [-0.15, -0.1) is 0 Å². The molecule has 118 valence electrons. The van der Waals surface area contributed by atoms with Crippen molar-refractivity contribution in [1.29, 1.82) is 0 Å². The summed E-state index contributed by atoms with van der Waals surface area (Å²) in [5.74, 6) is 0.907. The van der Waals surface area contributed by atoms with E-state index in [2.05, 4.69) is 39.5 Å². The molecule has 0 aromatic heterocycles. The van der Waals surface area contributed by atoms with Crippen LogP contribution < -0.4 is 5.73 Å². The zero-order chi connectivity index (χ0) is 15.0. The van der Waals surface area contributed by atoms with Crippen LogP contribution in [0.2, 0.25) is 0 Å². The summed E-state index contributed by atoms with van der Waals surface area (Å²) >= 11 is 0. The van der Waals surface area contributed by atoms with Crippen LogP contribution in [0.1, 0.15) is 73.1 Å². The molecule has 0 aromatic carbocycles. The molecule has 1 aliphatic heterocycles. The molecule has 1 saturated carbocycles. The van der Waals surface area contributed by atoms with Crippen molar-refractivity contribution in [3.05, 3.63) is 0 Å². The molecule has 20 heavy (non-hydrogen) atoms. The molecule has 0 radical (unpaired) electrons. The van der Waals surface area contributed by atoms with E-state index in [-0.39, 0.29) is 0 Å². The number of nitrogens with two attached hydrogens (primary N) is 1. The molecule has 2 nitrogen and oxygen atoms in total. The van der Waals surface area contributed by atoms with Gasteiger partial charge in [0.15, 0.2) is 0 Å². The largest absolute Gasteiger partial charge is 0.329 e.